The Labute approximate surface area is 185 Å². The summed E-state index contributed by atoms with van der Waals surface area (Å²) in [6, 6.07) is 8.04. The van der Waals surface area contributed by atoms with E-state index in [9.17, 15) is 32.3 Å². The Hall–Kier alpha value is -3.40. The molecule has 0 unspecified atom stereocenters. The zero-order chi connectivity index (χ0) is 23.9. The van der Waals surface area contributed by atoms with Crippen molar-refractivity contribution in [3.8, 4) is 5.75 Å². The monoisotopic (exact) mass is 471 g/mol. The maximum Gasteiger partial charge on any atom is 0.416 e. The molecule has 1 N–H and O–H groups in total. The summed E-state index contributed by atoms with van der Waals surface area (Å²) in [6.07, 6.45) is -5.40. The molecule has 11 heteroatoms. The Morgan fingerprint density at radius 1 is 1.00 bits per heavy atom. The first-order valence-electron chi connectivity index (χ1n) is 9.09. The van der Waals surface area contributed by atoms with Gasteiger partial charge in [0.25, 0.3) is 0 Å². The normalized spacial score (nSPS) is 10.9. The second-order valence-electron chi connectivity index (χ2n) is 6.44. The highest BCUT2D eigenvalue weighted by atomic mass is 35.5. The maximum atomic E-state index is 12.8. The number of halogens is 4. The van der Waals surface area contributed by atoms with E-state index in [-0.39, 0.29) is 22.0 Å². The highest BCUT2D eigenvalue weighted by Gasteiger charge is 2.31. The number of ether oxygens (including phenoxy) is 2. The van der Waals surface area contributed by atoms with Gasteiger partial charge in [0.1, 0.15) is 5.75 Å². The molecule has 1 amide bonds. The summed E-state index contributed by atoms with van der Waals surface area (Å²) in [5.41, 5.74) is -1.02. The molecule has 0 heterocycles. The summed E-state index contributed by atoms with van der Waals surface area (Å²) in [4.78, 5) is 46.6. The largest absolute Gasteiger partial charge is 0.457 e. The quantitative estimate of drug-likeness (QED) is 0.347. The van der Waals surface area contributed by atoms with Crippen LogP contribution in [0, 0.1) is 0 Å². The Morgan fingerprint density at radius 2 is 1.66 bits per heavy atom. The Bertz CT molecular complexity index is 1020. The molecule has 0 aliphatic carbocycles. The number of hydrogen-bond donors (Lipinski definition) is 1. The number of hydrogen-bond acceptors (Lipinski definition) is 6. The van der Waals surface area contributed by atoms with Gasteiger partial charge in [0.05, 0.1) is 22.7 Å². The maximum absolute atomic E-state index is 12.8. The van der Waals surface area contributed by atoms with Crippen LogP contribution in [-0.4, -0.2) is 30.2 Å². The van der Waals surface area contributed by atoms with Crippen LogP contribution in [-0.2, 0) is 25.3 Å². The lowest BCUT2D eigenvalue weighted by molar-refractivity contribution is -0.143. The number of ketones is 1. The van der Waals surface area contributed by atoms with Gasteiger partial charge in [-0.25, -0.2) is 0 Å². The van der Waals surface area contributed by atoms with Gasteiger partial charge >= 0.3 is 18.1 Å². The minimum Gasteiger partial charge on any atom is -0.457 e. The molecule has 0 atom stereocenters. The van der Waals surface area contributed by atoms with E-state index < -0.39 is 54.8 Å². The molecule has 2 rings (SSSR count). The first kappa shape index (κ1) is 24.9. The van der Waals surface area contributed by atoms with E-state index in [0.717, 1.165) is 12.1 Å². The molecule has 7 nitrogen and oxygen atoms in total. The molecule has 2 aromatic carbocycles. The molecule has 2 aromatic rings. The minimum atomic E-state index is -4.61. The number of benzene rings is 2. The molecular weight excluding hydrogens is 455 g/mol. The average molecular weight is 472 g/mol. The van der Waals surface area contributed by atoms with Crippen molar-refractivity contribution in [2.45, 2.75) is 25.9 Å². The van der Waals surface area contributed by atoms with Crippen molar-refractivity contribution < 1.29 is 41.8 Å². The van der Waals surface area contributed by atoms with Crippen LogP contribution in [0.5, 0.6) is 5.75 Å². The lowest BCUT2D eigenvalue weighted by Gasteiger charge is -2.11. The molecule has 0 saturated heterocycles. The van der Waals surface area contributed by atoms with Gasteiger partial charge in [-0.2, -0.15) is 13.2 Å². The number of Topliss-reactive ketones (excluding diaryl/α,β-unsaturated/α-hetero) is 1. The van der Waals surface area contributed by atoms with Crippen LogP contribution in [0.3, 0.4) is 0 Å². The zero-order valence-electron chi connectivity index (χ0n) is 16.6. The molecule has 0 fully saturated rings. The minimum absolute atomic E-state index is 0.0979. The van der Waals surface area contributed by atoms with Crippen LogP contribution in [0.2, 0.25) is 5.02 Å². The molecule has 0 aliphatic heterocycles. The summed E-state index contributed by atoms with van der Waals surface area (Å²) in [6.45, 7) is 0.653. The number of nitrogens with one attached hydrogen (secondary N) is 1. The van der Waals surface area contributed by atoms with E-state index in [1.807, 2.05) is 0 Å². The Morgan fingerprint density at radius 3 is 2.25 bits per heavy atom. The smallest absolute Gasteiger partial charge is 0.416 e. The summed E-state index contributed by atoms with van der Waals surface area (Å²) in [7, 11) is 0. The molecule has 0 radical (unpaired) electrons. The van der Waals surface area contributed by atoms with Crippen LogP contribution in [0.4, 0.5) is 18.9 Å². The van der Waals surface area contributed by atoms with E-state index in [1.54, 1.807) is 0 Å². The Kier molecular flexibility index (Phi) is 8.36. The van der Waals surface area contributed by atoms with Crippen molar-refractivity contribution in [3.05, 3.63) is 58.6 Å². The molecule has 0 bridgehead atoms. The Balaban J connectivity index is 1.81. The van der Waals surface area contributed by atoms with Gasteiger partial charge in [-0.15, -0.1) is 0 Å². The first-order chi connectivity index (χ1) is 15.0. The van der Waals surface area contributed by atoms with Crippen molar-refractivity contribution >= 4 is 40.9 Å². The zero-order valence-corrected chi connectivity index (χ0v) is 17.4. The fourth-order valence-electron chi connectivity index (χ4n) is 2.40. The molecule has 0 aromatic heterocycles. The number of esters is 2. The van der Waals surface area contributed by atoms with Gasteiger partial charge in [-0.1, -0.05) is 11.6 Å². The van der Waals surface area contributed by atoms with Crippen molar-refractivity contribution in [3.63, 3.8) is 0 Å². The highest BCUT2D eigenvalue weighted by molar-refractivity contribution is 6.33. The van der Waals surface area contributed by atoms with E-state index in [4.69, 9.17) is 21.1 Å². The van der Waals surface area contributed by atoms with Crippen molar-refractivity contribution in [1.29, 1.82) is 0 Å². The van der Waals surface area contributed by atoms with E-state index in [1.165, 1.54) is 31.2 Å². The third-order valence-electron chi connectivity index (χ3n) is 3.93. The van der Waals surface area contributed by atoms with Gasteiger partial charge in [0.2, 0.25) is 5.91 Å². The lowest BCUT2D eigenvalue weighted by atomic mass is 10.1. The van der Waals surface area contributed by atoms with Gasteiger partial charge in [-0.3, -0.25) is 19.2 Å². The van der Waals surface area contributed by atoms with Crippen molar-refractivity contribution in [1.82, 2.24) is 0 Å². The van der Waals surface area contributed by atoms with Gasteiger partial charge in [0.15, 0.2) is 12.4 Å². The molecule has 32 heavy (non-hydrogen) atoms. The summed E-state index contributed by atoms with van der Waals surface area (Å²) in [5.74, 6) is -2.39. The molecule has 0 saturated carbocycles. The van der Waals surface area contributed by atoms with Crippen LogP contribution in [0.25, 0.3) is 0 Å². The van der Waals surface area contributed by atoms with Gasteiger partial charge in [0, 0.05) is 18.9 Å². The number of carbonyl (C=O) groups excluding carboxylic acids is 4. The predicted molar refractivity (Wildman–Crippen MR) is 107 cm³/mol. The number of carbonyl (C=O) groups is 4. The van der Waals surface area contributed by atoms with Crippen LogP contribution in [0.15, 0.2) is 42.5 Å². The van der Waals surface area contributed by atoms with Gasteiger partial charge in [-0.05, 0) is 42.5 Å². The molecular formula is C21H17ClF3NO6. The molecule has 0 aliphatic rings. The number of alkyl halides is 3. The second-order valence-corrected chi connectivity index (χ2v) is 6.85. The predicted octanol–water partition coefficient (Wildman–Crippen LogP) is 4.43. The summed E-state index contributed by atoms with van der Waals surface area (Å²) < 4.78 is 48.0. The topological polar surface area (TPSA) is 98.8 Å². The average Bonchev–Trinajstić information content (AvgIpc) is 2.71. The SMILES string of the molecule is CC(=O)Oc1ccc(C(=O)COC(=O)CCC(=O)Nc2cc(C(F)(F)F)ccc2Cl)cc1. The summed E-state index contributed by atoms with van der Waals surface area (Å²) in [5, 5.41) is 2.11. The van der Waals surface area contributed by atoms with E-state index >= 15 is 0 Å². The molecule has 0 spiro atoms. The standard InChI is InChI=1S/C21H17ClF3NO6/c1-12(27)32-15-5-2-13(3-6-15)18(28)11-31-20(30)9-8-19(29)26-17-10-14(21(23,24)25)4-7-16(17)22/h2-7,10H,8-9,11H2,1H3,(H,26,29). The van der Waals surface area contributed by atoms with Crippen LogP contribution >= 0.6 is 11.6 Å². The fourth-order valence-corrected chi connectivity index (χ4v) is 2.57. The van der Waals surface area contributed by atoms with Crippen molar-refractivity contribution in [2.24, 2.45) is 0 Å². The first-order valence-corrected chi connectivity index (χ1v) is 9.47. The van der Waals surface area contributed by atoms with Crippen molar-refractivity contribution in [2.75, 3.05) is 11.9 Å². The highest BCUT2D eigenvalue weighted by Crippen LogP contribution is 2.33. The third kappa shape index (κ3) is 7.69. The third-order valence-corrected chi connectivity index (χ3v) is 4.26. The van der Waals surface area contributed by atoms with E-state index in [0.29, 0.717) is 6.07 Å². The van der Waals surface area contributed by atoms with E-state index in [2.05, 4.69) is 5.32 Å². The fraction of sp³-hybridized carbons (Fsp3) is 0.238. The number of anilines is 1. The number of amides is 1. The molecule has 170 valence electrons. The van der Waals surface area contributed by atoms with Gasteiger partial charge < -0.3 is 14.8 Å². The summed E-state index contributed by atoms with van der Waals surface area (Å²) >= 11 is 5.79. The van der Waals surface area contributed by atoms with Crippen LogP contribution < -0.4 is 10.1 Å². The number of rotatable bonds is 8. The van der Waals surface area contributed by atoms with Crippen LogP contribution in [0.1, 0.15) is 35.7 Å². The lowest BCUT2D eigenvalue weighted by Crippen LogP contribution is -2.18. The second kappa shape index (κ2) is 10.8.